The minimum absolute atomic E-state index is 0.0898. The van der Waals surface area contributed by atoms with Crippen molar-refractivity contribution in [3.63, 3.8) is 0 Å². The zero-order valence-electron chi connectivity index (χ0n) is 15.9. The van der Waals surface area contributed by atoms with E-state index >= 15 is 0 Å². The van der Waals surface area contributed by atoms with Gasteiger partial charge in [-0.05, 0) is 63.2 Å². The van der Waals surface area contributed by atoms with Gasteiger partial charge in [0.15, 0.2) is 12.3 Å². The van der Waals surface area contributed by atoms with Crippen molar-refractivity contribution in [1.82, 2.24) is 0 Å². The van der Waals surface area contributed by atoms with Crippen LogP contribution < -0.4 is 5.32 Å². The van der Waals surface area contributed by atoms with Crippen molar-refractivity contribution in [2.24, 2.45) is 0 Å². The van der Waals surface area contributed by atoms with Crippen LogP contribution in [0.5, 0.6) is 0 Å². The highest BCUT2D eigenvalue weighted by molar-refractivity contribution is 9.10. The Morgan fingerprint density at radius 1 is 1.00 bits per heavy atom. The van der Waals surface area contributed by atoms with Crippen LogP contribution in [0.4, 0.5) is 5.69 Å². The van der Waals surface area contributed by atoms with Crippen molar-refractivity contribution in [2.45, 2.75) is 20.8 Å². The van der Waals surface area contributed by atoms with E-state index in [9.17, 15) is 9.59 Å². The average Bonchev–Trinajstić information content (AvgIpc) is 2.67. The molecule has 144 valence electrons. The van der Waals surface area contributed by atoms with Crippen LogP contribution in [0, 0.1) is 0 Å². The number of hydrogen-bond acceptors (Lipinski definition) is 2. The molecule has 0 saturated carbocycles. The molecule has 2 rings (SSSR count). The van der Waals surface area contributed by atoms with Gasteiger partial charge >= 0.3 is 0 Å². The van der Waals surface area contributed by atoms with Gasteiger partial charge in [-0.2, -0.15) is 0 Å². The van der Waals surface area contributed by atoms with Crippen molar-refractivity contribution in [3.8, 4) is 0 Å². The summed E-state index contributed by atoms with van der Waals surface area (Å²) >= 11 is 9.32. The first-order valence-corrected chi connectivity index (χ1v) is 10.3. The van der Waals surface area contributed by atoms with E-state index in [1.165, 1.54) is 0 Å². The second kappa shape index (κ2) is 9.49. The molecule has 27 heavy (non-hydrogen) atoms. The lowest BCUT2D eigenvalue weighted by Crippen LogP contribution is -2.52. The molecule has 0 aliphatic rings. The molecule has 2 aromatic rings. The summed E-state index contributed by atoms with van der Waals surface area (Å²) in [5, 5.41) is 3.51. The molecule has 4 nitrogen and oxygen atoms in total. The standard InChI is InChI=1S/C21H24BrClN2O2/c1-4-25(5-2,6-3)14-20(26)24-19-12-9-16(22)13-18(19)21(27)15-7-10-17(23)11-8-15/h7-13H,4-6,14H2,1-3H3/p+1. The highest BCUT2D eigenvalue weighted by atomic mass is 79.9. The topological polar surface area (TPSA) is 46.2 Å². The molecule has 0 spiro atoms. The van der Waals surface area contributed by atoms with E-state index < -0.39 is 0 Å². The fraction of sp³-hybridized carbons (Fsp3) is 0.333. The SMILES string of the molecule is CC[N+](CC)(CC)CC(=O)Nc1ccc(Br)cc1C(=O)c1ccc(Cl)cc1. The largest absolute Gasteiger partial charge is 0.320 e. The molecule has 0 unspecified atom stereocenters. The number of anilines is 1. The first-order valence-electron chi connectivity index (χ1n) is 9.09. The number of halogens is 2. The van der Waals surface area contributed by atoms with Crippen LogP contribution in [0.15, 0.2) is 46.9 Å². The monoisotopic (exact) mass is 451 g/mol. The number of rotatable bonds is 8. The fourth-order valence-corrected chi connectivity index (χ4v) is 3.56. The van der Waals surface area contributed by atoms with E-state index in [0.717, 1.165) is 24.1 Å². The van der Waals surface area contributed by atoms with Gasteiger partial charge in [-0.15, -0.1) is 0 Å². The summed E-state index contributed by atoms with van der Waals surface area (Å²) < 4.78 is 1.49. The summed E-state index contributed by atoms with van der Waals surface area (Å²) in [7, 11) is 0. The molecular formula is C21H25BrClN2O2+. The predicted octanol–water partition coefficient (Wildman–Crippen LogP) is 5.15. The van der Waals surface area contributed by atoms with Crippen molar-refractivity contribution in [1.29, 1.82) is 0 Å². The van der Waals surface area contributed by atoms with Crippen molar-refractivity contribution < 1.29 is 14.1 Å². The minimum Gasteiger partial charge on any atom is -0.320 e. The van der Waals surface area contributed by atoms with E-state index in [4.69, 9.17) is 11.6 Å². The first-order chi connectivity index (χ1) is 12.8. The van der Waals surface area contributed by atoms with E-state index in [1.54, 1.807) is 36.4 Å². The molecular weight excluding hydrogens is 428 g/mol. The molecule has 0 radical (unpaired) electrons. The Morgan fingerprint density at radius 2 is 1.59 bits per heavy atom. The second-order valence-electron chi connectivity index (χ2n) is 6.52. The normalized spacial score (nSPS) is 11.3. The lowest BCUT2D eigenvalue weighted by atomic mass is 10.0. The Hall–Kier alpha value is -1.69. The maximum absolute atomic E-state index is 12.9. The molecule has 0 fully saturated rings. The van der Waals surface area contributed by atoms with Crippen molar-refractivity contribution in [2.75, 3.05) is 31.5 Å². The third-order valence-corrected chi connectivity index (χ3v) is 5.84. The quantitative estimate of drug-likeness (QED) is 0.445. The van der Waals surface area contributed by atoms with Gasteiger partial charge in [0, 0.05) is 20.6 Å². The van der Waals surface area contributed by atoms with E-state index in [2.05, 4.69) is 42.0 Å². The number of nitrogens with zero attached hydrogens (tertiary/aromatic N) is 1. The highest BCUT2D eigenvalue weighted by Gasteiger charge is 2.25. The summed E-state index contributed by atoms with van der Waals surface area (Å²) in [5.74, 6) is -0.251. The fourth-order valence-electron chi connectivity index (χ4n) is 3.07. The minimum atomic E-state index is -0.162. The van der Waals surface area contributed by atoms with Gasteiger partial charge < -0.3 is 9.80 Å². The molecule has 1 amide bonds. The maximum Gasteiger partial charge on any atom is 0.279 e. The average molecular weight is 453 g/mol. The van der Waals surface area contributed by atoms with Gasteiger partial charge in [-0.1, -0.05) is 27.5 Å². The van der Waals surface area contributed by atoms with Crippen molar-refractivity contribution >= 4 is 44.9 Å². The Balaban J connectivity index is 2.29. The molecule has 6 heteroatoms. The van der Waals surface area contributed by atoms with Gasteiger partial charge in [-0.25, -0.2) is 0 Å². The Kier molecular flexibility index (Phi) is 7.59. The maximum atomic E-state index is 12.9. The first kappa shape index (κ1) is 21.6. The number of nitrogens with one attached hydrogen (secondary N) is 1. The zero-order chi connectivity index (χ0) is 20.0. The lowest BCUT2D eigenvalue weighted by molar-refractivity contribution is -0.915. The molecule has 0 aromatic heterocycles. The number of ketones is 1. The van der Waals surface area contributed by atoms with Gasteiger partial charge in [0.25, 0.3) is 5.91 Å². The summed E-state index contributed by atoms with van der Waals surface area (Å²) in [6.45, 7) is 9.32. The molecule has 2 aromatic carbocycles. The summed E-state index contributed by atoms with van der Waals surface area (Å²) in [5.41, 5.74) is 1.49. The lowest BCUT2D eigenvalue weighted by Gasteiger charge is -2.35. The third kappa shape index (κ3) is 5.41. The predicted molar refractivity (Wildman–Crippen MR) is 114 cm³/mol. The molecule has 0 aliphatic heterocycles. The van der Waals surface area contributed by atoms with E-state index in [0.29, 0.717) is 32.9 Å². The van der Waals surface area contributed by atoms with Crippen molar-refractivity contribution in [3.05, 3.63) is 63.1 Å². The third-order valence-electron chi connectivity index (χ3n) is 5.10. The second-order valence-corrected chi connectivity index (χ2v) is 7.87. The number of hydrogen-bond donors (Lipinski definition) is 1. The van der Waals surface area contributed by atoms with Crippen LogP contribution in [-0.4, -0.2) is 42.4 Å². The molecule has 0 aliphatic carbocycles. The van der Waals surface area contributed by atoms with Crippen LogP contribution in [0.25, 0.3) is 0 Å². The van der Waals surface area contributed by atoms with Crippen LogP contribution in [0.3, 0.4) is 0 Å². The Bertz CT molecular complexity index is 809. The molecule has 0 heterocycles. The Morgan fingerprint density at radius 3 is 2.15 bits per heavy atom. The molecule has 0 bridgehead atoms. The summed E-state index contributed by atoms with van der Waals surface area (Å²) in [4.78, 5) is 25.6. The molecule has 0 saturated heterocycles. The van der Waals surface area contributed by atoms with Crippen LogP contribution in [0.1, 0.15) is 36.7 Å². The zero-order valence-corrected chi connectivity index (χ0v) is 18.2. The number of likely N-dealkylation sites (N-methyl/N-ethyl adjacent to an activating group) is 1. The van der Waals surface area contributed by atoms with Gasteiger partial charge in [-0.3, -0.25) is 9.59 Å². The highest BCUT2D eigenvalue weighted by Crippen LogP contribution is 2.25. The number of carbonyl (C=O) groups is 2. The van der Waals surface area contributed by atoms with Gasteiger partial charge in [0.2, 0.25) is 0 Å². The van der Waals surface area contributed by atoms with E-state index in [1.807, 2.05) is 6.07 Å². The Labute approximate surface area is 174 Å². The number of benzene rings is 2. The molecule has 1 N–H and O–H groups in total. The van der Waals surface area contributed by atoms with Crippen LogP contribution in [0.2, 0.25) is 5.02 Å². The molecule has 0 atom stereocenters. The number of carbonyl (C=O) groups excluding carboxylic acids is 2. The van der Waals surface area contributed by atoms with Crippen LogP contribution >= 0.6 is 27.5 Å². The van der Waals surface area contributed by atoms with Gasteiger partial charge in [0.05, 0.1) is 25.3 Å². The van der Waals surface area contributed by atoms with E-state index in [-0.39, 0.29) is 11.7 Å². The number of quaternary nitrogens is 1. The van der Waals surface area contributed by atoms with Gasteiger partial charge in [0.1, 0.15) is 0 Å². The number of amides is 1. The smallest absolute Gasteiger partial charge is 0.279 e. The summed E-state index contributed by atoms with van der Waals surface area (Å²) in [6, 6.07) is 12.0. The van der Waals surface area contributed by atoms with Crippen LogP contribution in [-0.2, 0) is 4.79 Å². The summed E-state index contributed by atoms with van der Waals surface area (Å²) in [6.07, 6.45) is 0.